The molecule has 1 atom stereocenters. The van der Waals surface area contributed by atoms with E-state index >= 15 is 0 Å². The molecule has 1 fully saturated rings. The van der Waals surface area contributed by atoms with Crippen molar-refractivity contribution in [1.82, 2.24) is 25.0 Å². The molecule has 122 valence electrons. The molecule has 1 aliphatic rings. The minimum absolute atomic E-state index is 0.106. The van der Waals surface area contributed by atoms with E-state index in [1.165, 1.54) is 0 Å². The summed E-state index contributed by atoms with van der Waals surface area (Å²) in [6.07, 6.45) is 5.51. The molecule has 4 heterocycles. The van der Waals surface area contributed by atoms with Crippen molar-refractivity contribution in [2.45, 2.75) is 25.4 Å². The van der Waals surface area contributed by atoms with Crippen LogP contribution >= 0.6 is 0 Å². The van der Waals surface area contributed by atoms with Crippen LogP contribution in [0.5, 0.6) is 0 Å². The van der Waals surface area contributed by atoms with E-state index in [2.05, 4.69) is 25.0 Å². The molecule has 3 aromatic heterocycles. The maximum Gasteiger partial charge on any atom is 0.244 e. The number of nitrogens with two attached hydrogens (primary N) is 1. The number of likely N-dealkylation sites (tertiary alicyclic amines) is 1. The summed E-state index contributed by atoms with van der Waals surface area (Å²) in [6, 6.07) is 9.66. The van der Waals surface area contributed by atoms with Crippen LogP contribution in [0.3, 0.4) is 0 Å². The Morgan fingerprint density at radius 2 is 2.08 bits per heavy atom. The average molecular weight is 322 g/mol. The van der Waals surface area contributed by atoms with Crippen LogP contribution in [0.15, 0.2) is 47.2 Å². The molecule has 0 radical (unpaired) electrons. The SMILES string of the molecule is Nc1ncccc1CN1CCC[C@H]1c1nc(-c2ccccn2)no1. The Hall–Kier alpha value is -2.80. The molecule has 1 aliphatic heterocycles. The van der Waals surface area contributed by atoms with Crippen molar-refractivity contribution in [2.75, 3.05) is 12.3 Å². The molecule has 0 saturated carbocycles. The average Bonchev–Trinajstić information content (AvgIpc) is 3.27. The van der Waals surface area contributed by atoms with Crippen LogP contribution in [0.4, 0.5) is 5.82 Å². The van der Waals surface area contributed by atoms with E-state index in [1.807, 2.05) is 30.3 Å². The van der Waals surface area contributed by atoms with Gasteiger partial charge < -0.3 is 10.3 Å². The summed E-state index contributed by atoms with van der Waals surface area (Å²) in [5.41, 5.74) is 7.70. The maximum absolute atomic E-state index is 5.97. The summed E-state index contributed by atoms with van der Waals surface area (Å²) in [7, 11) is 0. The van der Waals surface area contributed by atoms with E-state index < -0.39 is 0 Å². The Morgan fingerprint density at radius 3 is 2.92 bits per heavy atom. The first-order valence-electron chi connectivity index (χ1n) is 7.99. The predicted octanol–water partition coefficient (Wildman–Crippen LogP) is 2.45. The van der Waals surface area contributed by atoms with Gasteiger partial charge in [0.1, 0.15) is 11.5 Å². The summed E-state index contributed by atoms with van der Waals surface area (Å²) >= 11 is 0. The molecule has 0 aliphatic carbocycles. The maximum atomic E-state index is 5.97. The Labute approximate surface area is 139 Å². The number of anilines is 1. The monoisotopic (exact) mass is 322 g/mol. The Morgan fingerprint density at radius 1 is 1.17 bits per heavy atom. The van der Waals surface area contributed by atoms with Crippen molar-refractivity contribution in [3.8, 4) is 11.5 Å². The van der Waals surface area contributed by atoms with Gasteiger partial charge in [0.2, 0.25) is 11.7 Å². The molecular weight excluding hydrogens is 304 g/mol. The van der Waals surface area contributed by atoms with Gasteiger partial charge in [0.15, 0.2) is 0 Å². The molecule has 7 nitrogen and oxygen atoms in total. The zero-order valence-corrected chi connectivity index (χ0v) is 13.2. The molecule has 3 aromatic rings. The molecule has 0 bridgehead atoms. The second-order valence-corrected chi connectivity index (χ2v) is 5.85. The second-order valence-electron chi connectivity index (χ2n) is 5.85. The van der Waals surface area contributed by atoms with Gasteiger partial charge in [-0.25, -0.2) is 4.98 Å². The second kappa shape index (κ2) is 6.37. The standard InChI is InChI=1S/C17H18N6O/c18-15-12(5-3-9-20-15)11-23-10-4-7-14(23)17-21-16(22-24-17)13-6-1-2-8-19-13/h1-3,5-6,8-9,14H,4,7,10-11H2,(H2,18,20)/t14-/m0/s1. The highest BCUT2D eigenvalue weighted by Crippen LogP contribution is 2.33. The van der Waals surface area contributed by atoms with E-state index in [0.29, 0.717) is 23.2 Å². The van der Waals surface area contributed by atoms with Crippen molar-refractivity contribution < 1.29 is 4.52 Å². The first-order chi connectivity index (χ1) is 11.8. The van der Waals surface area contributed by atoms with E-state index in [4.69, 9.17) is 10.3 Å². The molecule has 0 spiro atoms. The summed E-state index contributed by atoms with van der Waals surface area (Å²) in [5, 5.41) is 4.08. The molecule has 0 aromatic carbocycles. The fourth-order valence-electron chi connectivity index (χ4n) is 3.07. The number of hydrogen-bond donors (Lipinski definition) is 1. The van der Waals surface area contributed by atoms with Gasteiger partial charge in [0.25, 0.3) is 0 Å². The van der Waals surface area contributed by atoms with Crippen molar-refractivity contribution in [2.24, 2.45) is 0 Å². The summed E-state index contributed by atoms with van der Waals surface area (Å²) in [5.74, 6) is 1.73. The van der Waals surface area contributed by atoms with Gasteiger partial charge in [-0.2, -0.15) is 4.98 Å². The summed E-state index contributed by atoms with van der Waals surface area (Å²) in [6.45, 7) is 1.70. The Kier molecular flexibility index (Phi) is 3.92. The van der Waals surface area contributed by atoms with Gasteiger partial charge in [0.05, 0.1) is 6.04 Å². The zero-order valence-electron chi connectivity index (χ0n) is 13.2. The lowest BCUT2D eigenvalue weighted by atomic mass is 10.2. The smallest absolute Gasteiger partial charge is 0.244 e. The molecule has 24 heavy (non-hydrogen) atoms. The van der Waals surface area contributed by atoms with Crippen molar-refractivity contribution in [3.05, 3.63) is 54.2 Å². The number of pyridine rings is 2. The fraction of sp³-hybridized carbons (Fsp3) is 0.294. The molecule has 1 saturated heterocycles. The molecule has 7 heteroatoms. The van der Waals surface area contributed by atoms with E-state index in [9.17, 15) is 0 Å². The number of rotatable bonds is 4. The van der Waals surface area contributed by atoms with Gasteiger partial charge in [-0.15, -0.1) is 0 Å². The third-order valence-electron chi connectivity index (χ3n) is 4.28. The number of nitrogen functional groups attached to an aromatic ring is 1. The largest absolute Gasteiger partial charge is 0.383 e. The van der Waals surface area contributed by atoms with Crippen molar-refractivity contribution >= 4 is 5.82 Å². The zero-order chi connectivity index (χ0) is 16.4. The number of hydrogen-bond acceptors (Lipinski definition) is 7. The third kappa shape index (κ3) is 2.85. The minimum atomic E-state index is 0.106. The van der Waals surface area contributed by atoms with Crippen molar-refractivity contribution in [3.63, 3.8) is 0 Å². The van der Waals surface area contributed by atoms with Crippen LogP contribution in [0.1, 0.15) is 30.3 Å². The van der Waals surface area contributed by atoms with Crippen LogP contribution < -0.4 is 5.73 Å². The van der Waals surface area contributed by atoms with E-state index in [-0.39, 0.29) is 6.04 Å². The van der Waals surface area contributed by atoms with Crippen LogP contribution in [0, 0.1) is 0 Å². The van der Waals surface area contributed by atoms with Gasteiger partial charge in [-0.3, -0.25) is 9.88 Å². The number of aromatic nitrogens is 4. The van der Waals surface area contributed by atoms with Gasteiger partial charge >= 0.3 is 0 Å². The van der Waals surface area contributed by atoms with Crippen LogP contribution in [-0.4, -0.2) is 31.6 Å². The molecule has 4 rings (SSSR count). The minimum Gasteiger partial charge on any atom is -0.383 e. The predicted molar refractivity (Wildman–Crippen MR) is 88.6 cm³/mol. The Balaban J connectivity index is 1.55. The summed E-state index contributed by atoms with van der Waals surface area (Å²) in [4.78, 5) is 15.3. The number of nitrogens with zero attached hydrogens (tertiary/aromatic N) is 5. The lowest BCUT2D eigenvalue weighted by Gasteiger charge is -2.21. The molecule has 0 unspecified atom stereocenters. The summed E-state index contributed by atoms with van der Waals surface area (Å²) < 4.78 is 5.51. The lowest BCUT2D eigenvalue weighted by molar-refractivity contribution is 0.201. The first kappa shape index (κ1) is 14.8. The molecule has 0 amide bonds. The van der Waals surface area contributed by atoms with Gasteiger partial charge in [-0.05, 0) is 37.6 Å². The quantitative estimate of drug-likeness (QED) is 0.788. The van der Waals surface area contributed by atoms with E-state index in [1.54, 1.807) is 12.4 Å². The van der Waals surface area contributed by atoms with E-state index in [0.717, 1.165) is 31.5 Å². The lowest BCUT2D eigenvalue weighted by Crippen LogP contribution is -2.23. The van der Waals surface area contributed by atoms with Crippen molar-refractivity contribution in [1.29, 1.82) is 0 Å². The molecule has 2 N–H and O–H groups in total. The highest BCUT2D eigenvalue weighted by molar-refractivity contribution is 5.47. The molecular formula is C17H18N6O. The fourth-order valence-corrected chi connectivity index (χ4v) is 3.07. The highest BCUT2D eigenvalue weighted by atomic mass is 16.5. The van der Waals surface area contributed by atoms with Gasteiger partial charge in [0, 0.05) is 24.5 Å². The first-order valence-corrected chi connectivity index (χ1v) is 7.99. The van der Waals surface area contributed by atoms with Gasteiger partial charge in [-0.1, -0.05) is 17.3 Å². The third-order valence-corrected chi connectivity index (χ3v) is 4.28. The normalized spacial score (nSPS) is 18.1. The van der Waals surface area contributed by atoms with Crippen LogP contribution in [0.2, 0.25) is 0 Å². The Bertz CT molecular complexity index is 819. The highest BCUT2D eigenvalue weighted by Gasteiger charge is 2.31. The van der Waals surface area contributed by atoms with Crippen LogP contribution in [-0.2, 0) is 6.54 Å². The topological polar surface area (TPSA) is 94.0 Å². The van der Waals surface area contributed by atoms with Crippen LogP contribution in [0.25, 0.3) is 11.5 Å².